The molecule has 4 nitrogen and oxygen atoms in total. The molecule has 0 bridgehead atoms. The largest absolute Gasteiger partial charge is 0.497 e. The van der Waals surface area contributed by atoms with Gasteiger partial charge in [-0.2, -0.15) is 18.3 Å². The van der Waals surface area contributed by atoms with Crippen LogP contribution in [0.25, 0.3) is 11.4 Å². The average Bonchev–Trinajstić information content (AvgIpc) is 2.80. The first-order chi connectivity index (χ1) is 8.00. The second-order valence-electron chi connectivity index (χ2n) is 3.28. The van der Waals surface area contributed by atoms with Gasteiger partial charge in [-0.25, -0.2) is 4.98 Å². The van der Waals surface area contributed by atoms with Crippen molar-refractivity contribution in [1.29, 1.82) is 0 Å². The first-order valence-electron chi connectivity index (χ1n) is 4.62. The summed E-state index contributed by atoms with van der Waals surface area (Å²) in [7, 11) is 1.31. The van der Waals surface area contributed by atoms with E-state index in [-0.39, 0.29) is 17.1 Å². The quantitative estimate of drug-likeness (QED) is 0.881. The maximum atomic E-state index is 12.6. The van der Waals surface area contributed by atoms with E-state index in [1.165, 1.54) is 19.5 Å². The van der Waals surface area contributed by atoms with Gasteiger partial charge in [-0.3, -0.25) is 5.10 Å². The van der Waals surface area contributed by atoms with Gasteiger partial charge in [0.2, 0.25) is 0 Å². The molecule has 1 N–H and O–H groups in total. The standard InChI is InChI=1S/C10H8F3N3O/c1-17-8-3-6(9-14-5-15-16-9)2-7(4-8)10(11,12)13/h2-5H,1H3,(H,14,15,16). The number of benzene rings is 1. The summed E-state index contributed by atoms with van der Waals surface area (Å²) in [4.78, 5) is 3.80. The predicted molar refractivity (Wildman–Crippen MR) is 53.4 cm³/mol. The number of ether oxygens (including phenoxy) is 1. The number of hydrogen-bond acceptors (Lipinski definition) is 3. The van der Waals surface area contributed by atoms with Crippen molar-refractivity contribution >= 4 is 0 Å². The van der Waals surface area contributed by atoms with Gasteiger partial charge < -0.3 is 4.74 Å². The first kappa shape index (κ1) is 11.4. The minimum atomic E-state index is -4.43. The third-order valence-corrected chi connectivity index (χ3v) is 2.16. The molecule has 90 valence electrons. The molecule has 0 atom stereocenters. The van der Waals surface area contributed by atoms with Gasteiger partial charge in [0, 0.05) is 5.56 Å². The Bertz CT molecular complexity index is 508. The highest BCUT2D eigenvalue weighted by Gasteiger charge is 2.31. The Balaban J connectivity index is 2.54. The number of alkyl halides is 3. The number of H-pyrrole nitrogens is 1. The van der Waals surface area contributed by atoms with Crippen LogP contribution in [-0.4, -0.2) is 22.3 Å². The van der Waals surface area contributed by atoms with E-state index in [1.54, 1.807) is 0 Å². The highest BCUT2D eigenvalue weighted by atomic mass is 19.4. The van der Waals surface area contributed by atoms with E-state index < -0.39 is 11.7 Å². The zero-order valence-corrected chi connectivity index (χ0v) is 8.75. The summed E-state index contributed by atoms with van der Waals surface area (Å²) < 4.78 is 42.7. The molecule has 0 fully saturated rings. The molecule has 0 aliphatic rings. The fourth-order valence-electron chi connectivity index (χ4n) is 1.36. The lowest BCUT2D eigenvalue weighted by Gasteiger charge is -2.10. The average molecular weight is 243 g/mol. The lowest BCUT2D eigenvalue weighted by Crippen LogP contribution is -2.05. The van der Waals surface area contributed by atoms with Crippen LogP contribution in [0.3, 0.4) is 0 Å². The molecule has 2 aromatic rings. The van der Waals surface area contributed by atoms with Crippen molar-refractivity contribution in [3.8, 4) is 17.1 Å². The van der Waals surface area contributed by atoms with Crippen LogP contribution in [0.1, 0.15) is 5.56 Å². The van der Waals surface area contributed by atoms with Crippen molar-refractivity contribution in [2.75, 3.05) is 7.11 Å². The van der Waals surface area contributed by atoms with E-state index in [9.17, 15) is 13.2 Å². The third-order valence-electron chi connectivity index (χ3n) is 2.16. The Hall–Kier alpha value is -2.05. The highest BCUT2D eigenvalue weighted by molar-refractivity contribution is 5.59. The van der Waals surface area contributed by atoms with Gasteiger partial charge in [0.1, 0.15) is 12.1 Å². The van der Waals surface area contributed by atoms with E-state index in [0.29, 0.717) is 0 Å². The summed E-state index contributed by atoms with van der Waals surface area (Å²) in [5.74, 6) is 0.376. The molecule has 0 radical (unpaired) electrons. The summed E-state index contributed by atoms with van der Waals surface area (Å²) in [5.41, 5.74) is -0.516. The van der Waals surface area contributed by atoms with E-state index >= 15 is 0 Å². The molecule has 17 heavy (non-hydrogen) atoms. The maximum absolute atomic E-state index is 12.6. The molecule has 7 heteroatoms. The molecule has 1 heterocycles. The van der Waals surface area contributed by atoms with Crippen molar-refractivity contribution in [2.24, 2.45) is 0 Å². The summed E-state index contributed by atoms with van der Waals surface area (Å²) in [6, 6.07) is 3.37. The van der Waals surface area contributed by atoms with Crippen molar-refractivity contribution < 1.29 is 17.9 Å². The zero-order valence-electron chi connectivity index (χ0n) is 8.75. The SMILES string of the molecule is COc1cc(-c2ncn[nH]2)cc(C(F)(F)F)c1. The van der Waals surface area contributed by atoms with Crippen LogP contribution < -0.4 is 4.74 Å². The summed E-state index contributed by atoms with van der Waals surface area (Å²) in [6.45, 7) is 0. The van der Waals surface area contributed by atoms with Crippen molar-refractivity contribution in [1.82, 2.24) is 15.2 Å². The van der Waals surface area contributed by atoms with Crippen LogP contribution in [0.2, 0.25) is 0 Å². The van der Waals surface area contributed by atoms with E-state index in [4.69, 9.17) is 4.74 Å². The molecule has 0 aliphatic carbocycles. The lowest BCUT2D eigenvalue weighted by molar-refractivity contribution is -0.137. The summed E-state index contributed by atoms with van der Waals surface area (Å²) >= 11 is 0. The topological polar surface area (TPSA) is 50.8 Å². The number of nitrogens with one attached hydrogen (secondary N) is 1. The highest BCUT2D eigenvalue weighted by Crippen LogP contribution is 2.34. The molecule has 0 amide bonds. The molecule has 0 unspecified atom stereocenters. The zero-order chi connectivity index (χ0) is 12.5. The van der Waals surface area contributed by atoms with Gasteiger partial charge in [-0.1, -0.05) is 0 Å². The third kappa shape index (κ3) is 2.38. The van der Waals surface area contributed by atoms with Crippen LogP contribution >= 0.6 is 0 Å². The lowest BCUT2D eigenvalue weighted by atomic mass is 10.1. The molecule has 1 aromatic carbocycles. The van der Waals surface area contributed by atoms with E-state index in [1.807, 2.05) is 0 Å². The van der Waals surface area contributed by atoms with Gasteiger partial charge in [-0.15, -0.1) is 0 Å². The second kappa shape index (κ2) is 4.08. The van der Waals surface area contributed by atoms with E-state index in [2.05, 4.69) is 15.2 Å². The number of nitrogens with zero attached hydrogens (tertiary/aromatic N) is 2. The van der Waals surface area contributed by atoms with Gasteiger partial charge >= 0.3 is 6.18 Å². The minimum Gasteiger partial charge on any atom is -0.497 e. The normalized spacial score (nSPS) is 11.5. The fraction of sp³-hybridized carbons (Fsp3) is 0.200. The molecular formula is C10H8F3N3O. The number of rotatable bonds is 2. The van der Waals surface area contributed by atoms with Gasteiger partial charge in [0.25, 0.3) is 0 Å². The molecule has 0 spiro atoms. The van der Waals surface area contributed by atoms with Gasteiger partial charge in [0.15, 0.2) is 5.82 Å². The first-order valence-corrected chi connectivity index (χ1v) is 4.62. The number of hydrogen-bond donors (Lipinski definition) is 1. The molecule has 0 saturated heterocycles. The number of aromatic amines is 1. The molecule has 1 aromatic heterocycles. The Kier molecular flexibility index (Phi) is 2.74. The molecular weight excluding hydrogens is 235 g/mol. The number of halogens is 3. The second-order valence-corrected chi connectivity index (χ2v) is 3.28. The monoisotopic (exact) mass is 243 g/mol. The van der Waals surface area contributed by atoms with Gasteiger partial charge in [-0.05, 0) is 18.2 Å². The smallest absolute Gasteiger partial charge is 0.416 e. The van der Waals surface area contributed by atoms with Crippen LogP contribution in [0.5, 0.6) is 5.75 Å². The Morgan fingerprint density at radius 3 is 2.53 bits per heavy atom. The van der Waals surface area contributed by atoms with Crippen LogP contribution in [-0.2, 0) is 6.18 Å². The van der Waals surface area contributed by atoms with Crippen LogP contribution in [0.4, 0.5) is 13.2 Å². The Morgan fingerprint density at radius 2 is 2.00 bits per heavy atom. The molecule has 0 aliphatic heterocycles. The summed E-state index contributed by atoms with van der Waals surface area (Å²) in [5, 5.41) is 6.09. The fourth-order valence-corrected chi connectivity index (χ4v) is 1.36. The Morgan fingerprint density at radius 1 is 1.24 bits per heavy atom. The van der Waals surface area contributed by atoms with Crippen LogP contribution in [0, 0.1) is 0 Å². The Labute approximate surface area is 94.4 Å². The molecule has 2 rings (SSSR count). The minimum absolute atomic E-state index is 0.117. The summed E-state index contributed by atoms with van der Waals surface area (Å²) in [6.07, 6.45) is -3.20. The predicted octanol–water partition coefficient (Wildman–Crippen LogP) is 2.50. The van der Waals surface area contributed by atoms with Crippen molar-refractivity contribution in [3.63, 3.8) is 0 Å². The number of methoxy groups -OCH3 is 1. The van der Waals surface area contributed by atoms with E-state index in [0.717, 1.165) is 12.1 Å². The van der Waals surface area contributed by atoms with Crippen molar-refractivity contribution in [2.45, 2.75) is 6.18 Å². The molecule has 0 saturated carbocycles. The maximum Gasteiger partial charge on any atom is 0.416 e. The number of aromatic nitrogens is 3. The van der Waals surface area contributed by atoms with Crippen LogP contribution in [0.15, 0.2) is 24.5 Å². The van der Waals surface area contributed by atoms with Crippen molar-refractivity contribution in [3.05, 3.63) is 30.1 Å². The van der Waals surface area contributed by atoms with Gasteiger partial charge in [0.05, 0.1) is 12.7 Å².